The fourth-order valence-electron chi connectivity index (χ4n) is 1.50. The lowest BCUT2D eigenvalue weighted by molar-refractivity contribution is -0.151. The fourth-order valence-corrected chi connectivity index (χ4v) is 1.50. The van der Waals surface area contributed by atoms with Crippen molar-refractivity contribution in [2.24, 2.45) is 11.1 Å². The third-order valence-electron chi connectivity index (χ3n) is 2.60. The van der Waals surface area contributed by atoms with Gasteiger partial charge in [0.05, 0.1) is 13.2 Å². The van der Waals surface area contributed by atoms with E-state index in [9.17, 15) is 13.2 Å². The largest absolute Gasteiger partial charge is 0.401 e. The smallest absolute Gasteiger partial charge is 0.395 e. The van der Waals surface area contributed by atoms with Crippen LogP contribution in [0.15, 0.2) is 0 Å². The predicted molar refractivity (Wildman–Crippen MR) is 57.0 cm³/mol. The molecule has 0 aliphatic rings. The molecular weight excluding hydrogens is 221 g/mol. The van der Waals surface area contributed by atoms with Crippen LogP contribution in [-0.2, 0) is 0 Å². The van der Waals surface area contributed by atoms with Gasteiger partial charge in [0.2, 0.25) is 0 Å². The topological polar surface area (TPSA) is 49.5 Å². The molecule has 0 heterocycles. The van der Waals surface area contributed by atoms with E-state index in [1.807, 2.05) is 20.8 Å². The van der Waals surface area contributed by atoms with Crippen molar-refractivity contribution >= 4 is 0 Å². The lowest BCUT2D eigenvalue weighted by Gasteiger charge is -2.38. The zero-order valence-corrected chi connectivity index (χ0v) is 10.2. The Morgan fingerprint density at radius 3 is 1.94 bits per heavy atom. The number of rotatable bonds is 4. The molecular formula is C10H21F3N2O. The molecule has 0 aliphatic carbocycles. The van der Waals surface area contributed by atoms with Gasteiger partial charge in [-0.1, -0.05) is 20.8 Å². The SMILES string of the molecule is CN(CC(F)(F)F)C(CO)C(N)C(C)(C)C. The van der Waals surface area contributed by atoms with Crippen molar-refractivity contribution in [2.75, 3.05) is 20.2 Å². The van der Waals surface area contributed by atoms with Crippen LogP contribution >= 0.6 is 0 Å². The minimum absolute atomic E-state index is 0.354. The molecule has 0 saturated heterocycles. The highest BCUT2D eigenvalue weighted by atomic mass is 19.4. The predicted octanol–water partition coefficient (Wildman–Crippen LogP) is 1.21. The number of alkyl halides is 3. The standard InChI is InChI=1S/C10H21F3N2O/c1-9(2,3)8(14)7(5-16)15(4)6-10(11,12)13/h7-8,16H,5-6,14H2,1-4H3. The van der Waals surface area contributed by atoms with Gasteiger partial charge in [-0.15, -0.1) is 0 Å². The summed E-state index contributed by atoms with van der Waals surface area (Å²) in [5.41, 5.74) is 5.50. The maximum absolute atomic E-state index is 12.2. The lowest BCUT2D eigenvalue weighted by atomic mass is 9.82. The first-order valence-electron chi connectivity index (χ1n) is 5.12. The molecule has 0 saturated carbocycles. The second-order valence-corrected chi connectivity index (χ2v) is 5.17. The minimum atomic E-state index is -4.28. The van der Waals surface area contributed by atoms with E-state index in [-0.39, 0.29) is 12.0 Å². The molecule has 2 atom stereocenters. The molecule has 0 rings (SSSR count). The summed E-state index contributed by atoms with van der Waals surface area (Å²) >= 11 is 0. The van der Waals surface area contributed by atoms with Gasteiger partial charge >= 0.3 is 6.18 Å². The van der Waals surface area contributed by atoms with E-state index < -0.39 is 24.8 Å². The van der Waals surface area contributed by atoms with E-state index in [1.54, 1.807) is 0 Å². The number of nitrogens with two attached hydrogens (primary N) is 1. The van der Waals surface area contributed by atoms with Crippen molar-refractivity contribution in [2.45, 2.75) is 39.0 Å². The van der Waals surface area contributed by atoms with Crippen molar-refractivity contribution in [1.29, 1.82) is 0 Å². The molecule has 0 spiro atoms. The Balaban J connectivity index is 4.61. The van der Waals surface area contributed by atoms with Crippen LogP contribution in [0.1, 0.15) is 20.8 Å². The maximum Gasteiger partial charge on any atom is 0.401 e. The summed E-state index contributed by atoms with van der Waals surface area (Å²) < 4.78 is 36.6. The summed E-state index contributed by atoms with van der Waals surface area (Å²) in [6.07, 6.45) is -4.28. The second-order valence-electron chi connectivity index (χ2n) is 5.17. The number of hydrogen-bond acceptors (Lipinski definition) is 3. The molecule has 0 aliphatic heterocycles. The molecule has 3 N–H and O–H groups in total. The highest BCUT2D eigenvalue weighted by molar-refractivity contribution is 4.89. The number of nitrogens with zero attached hydrogens (tertiary/aromatic N) is 1. The molecule has 0 bridgehead atoms. The van der Waals surface area contributed by atoms with Gasteiger partial charge in [0, 0.05) is 12.1 Å². The van der Waals surface area contributed by atoms with Gasteiger partial charge in [0.15, 0.2) is 0 Å². The Morgan fingerprint density at radius 1 is 1.25 bits per heavy atom. The van der Waals surface area contributed by atoms with Crippen LogP contribution in [0, 0.1) is 5.41 Å². The Labute approximate surface area is 94.4 Å². The van der Waals surface area contributed by atoms with Crippen LogP contribution in [0.4, 0.5) is 13.2 Å². The molecule has 0 aromatic carbocycles. The quantitative estimate of drug-likeness (QED) is 0.779. The van der Waals surface area contributed by atoms with Gasteiger partial charge in [-0.25, -0.2) is 0 Å². The molecule has 3 nitrogen and oxygen atoms in total. The zero-order chi connectivity index (χ0) is 13.1. The molecule has 6 heteroatoms. The van der Waals surface area contributed by atoms with Crippen molar-refractivity contribution in [3.63, 3.8) is 0 Å². The summed E-state index contributed by atoms with van der Waals surface area (Å²) in [5.74, 6) is 0. The average Bonchev–Trinajstić information content (AvgIpc) is 1.99. The van der Waals surface area contributed by atoms with Crippen LogP contribution in [0.5, 0.6) is 0 Å². The molecule has 98 valence electrons. The van der Waals surface area contributed by atoms with Crippen LogP contribution in [0.2, 0.25) is 0 Å². The highest BCUT2D eigenvalue weighted by Crippen LogP contribution is 2.24. The highest BCUT2D eigenvalue weighted by Gasteiger charge is 2.36. The Kier molecular flexibility index (Phi) is 5.22. The van der Waals surface area contributed by atoms with E-state index in [4.69, 9.17) is 10.8 Å². The third-order valence-corrected chi connectivity index (χ3v) is 2.60. The van der Waals surface area contributed by atoms with Gasteiger partial charge in [0.1, 0.15) is 0 Å². The number of halogens is 3. The fraction of sp³-hybridized carbons (Fsp3) is 1.00. The molecule has 0 aromatic heterocycles. The Hall–Kier alpha value is -0.330. The van der Waals surface area contributed by atoms with E-state index in [0.717, 1.165) is 4.90 Å². The van der Waals surface area contributed by atoms with Crippen LogP contribution < -0.4 is 5.73 Å². The molecule has 0 amide bonds. The first kappa shape index (κ1) is 15.7. The summed E-state index contributed by atoms with van der Waals surface area (Å²) in [7, 11) is 1.32. The normalized spacial score (nSPS) is 17.6. The summed E-state index contributed by atoms with van der Waals surface area (Å²) in [4.78, 5) is 1.05. The lowest BCUT2D eigenvalue weighted by Crippen LogP contribution is -2.56. The van der Waals surface area contributed by atoms with Crippen LogP contribution in [-0.4, -0.2) is 48.5 Å². The number of likely N-dealkylation sites (N-methyl/N-ethyl adjacent to an activating group) is 1. The summed E-state index contributed by atoms with van der Waals surface area (Å²) in [6, 6.07) is -1.22. The van der Waals surface area contributed by atoms with Crippen molar-refractivity contribution in [1.82, 2.24) is 4.90 Å². The molecule has 16 heavy (non-hydrogen) atoms. The first-order valence-corrected chi connectivity index (χ1v) is 5.12. The molecule has 0 radical (unpaired) electrons. The van der Waals surface area contributed by atoms with Gasteiger partial charge < -0.3 is 10.8 Å². The second kappa shape index (κ2) is 5.33. The van der Waals surface area contributed by atoms with Gasteiger partial charge in [-0.2, -0.15) is 13.2 Å². The number of hydrogen-bond donors (Lipinski definition) is 2. The van der Waals surface area contributed by atoms with E-state index in [2.05, 4.69) is 0 Å². The van der Waals surface area contributed by atoms with E-state index in [1.165, 1.54) is 7.05 Å². The van der Waals surface area contributed by atoms with E-state index in [0.29, 0.717) is 0 Å². The van der Waals surface area contributed by atoms with Crippen molar-refractivity contribution in [3.8, 4) is 0 Å². The average molecular weight is 242 g/mol. The van der Waals surface area contributed by atoms with Crippen molar-refractivity contribution < 1.29 is 18.3 Å². The molecule has 0 aromatic rings. The zero-order valence-electron chi connectivity index (χ0n) is 10.2. The monoisotopic (exact) mass is 242 g/mol. The van der Waals surface area contributed by atoms with Gasteiger partial charge in [-0.3, -0.25) is 4.90 Å². The van der Waals surface area contributed by atoms with Crippen LogP contribution in [0.3, 0.4) is 0 Å². The Morgan fingerprint density at radius 2 is 1.69 bits per heavy atom. The Bertz CT molecular complexity index is 213. The third kappa shape index (κ3) is 5.14. The summed E-state index contributed by atoms with van der Waals surface area (Å²) in [5, 5.41) is 9.14. The van der Waals surface area contributed by atoms with Crippen molar-refractivity contribution in [3.05, 3.63) is 0 Å². The van der Waals surface area contributed by atoms with Gasteiger partial charge in [0.25, 0.3) is 0 Å². The number of aliphatic hydroxyl groups excluding tert-OH is 1. The van der Waals surface area contributed by atoms with Gasteiger partial charge in [-0.05, 0) is 12.5 Å². The number of aliphatic hydroxyl groups is 1. The summed E-state index contributed by atoms with van der Waals surface area (Å²) in [6.45, 7) is 4.05. The molecule has 2 unspecified atom stereocenters. The first-order chi connectivity index (χ1) is 6.99. The minimum Gasteiger partial charge on any atom is -0.395 e. The maximum atomic E-state index is 12.2. The van der Waals surface area contributed by atoms with E-state index >= 15 is 0 Å². The molecule has 0 fully saturated rings. The van der Waals surface area contributed by atoms with Crippen LogP contribution in [0.25, 0.3) is 0 Å².